The molecule has 48 heavy (non-hydrogen) atoms. The zero-order valence-corrected chi connectivity index (χ0v) is 33.1. The zero-order valence-electron chi connectivity index (χ0n) is 31.1. The molecule has 2 atom stereocenters. The van der Waals surface area contributed by atoms with E-state index in [1.54, 1.807) is 0 Å². The third-order valence-electron chi connectivity index (χ3n) is 11.0. The fourth-order valence-corrected chi connectivity index (χ4v) is 18.0. The molecule has 0 amide bonds. The van der Waals surface area contributed by atoms with Crippen molar-refractivity contribution < 1.29 is 30.8 Å². The van der Waals surface area contributed by atoms with Crippen LogP contribution in [-0.4, -0.2) is 16.4 Å². The van der Waals surface area contributed by atoms with Crippen molar-refractivity contribution in [3.8, 4) is 5.75 Å². The molecule has 0 saturated carbocycles. The molecule has 0 bridgehead atoms. The molecule has 276 valence electrons. The molecular formula is C39H64F6OSi2. The summed E-state index contributed by atoms with van der Waals surface area (Å²) in [5.41, 5.74) is -0.0853. The topological polar surface area (TPSA) is 9.23 Å². The number of hydrogen-bond donors (Lipinski definition) is 0. The molecule has 2 aromatic carbocycles. The van der Waals surface area contributed by atoms with E-state index >= 15 is 8.78 Å². The van der Waals surface area contributed by atoms with Gasteiger partial charge in [-0.15, -0.1) is 0 Å². The van der Waals surface area contributed by atoms with Crippen LogP contribution < -0.4 is 4.43 Å². The van der Waals surface area contributed by atoms with Crippen LogP contribution in [0.1, 0.15) is 138 Å². The third kappa shape index (κ3) is 11.3. The van der Waals surface area contributed by atoms with Crippen molar-refractivity contribution in [2.24, 2.45) is 5.92 Å². The number of rotatable bonds is 25. The van der Waals surface area contributed by atoms with Gasteiger partial charge in [0.1, 0.15) is 5.82 Å². The molecule has 0 aliphatic carbocycles. The van der Waals surface area contributed by atoms with Gasteiger partial charge in [-0.05, 0) is 30.0 Å². The van der Waals surface area contributed by atoms with E-state index < -0.39 is 67.8 Å². The van der Waals surface area contributed by atoms with Crippen LogP contribution in [0.4, 0.5) is 26.3 Å². The average Bonchev–Trinajstić information content (AvgIpc) is 3.04. The van der Waals surface area contributed by atoms with E-state index in [-0.39, 0.29) is 11.6 Å². The van der Waals surface area contributed by atoms with E-state index in [0.717, 1.165) is 57.8 Å². The first kappa shape index (κ1) is 42.7. The summed E-state index contributed by atoms with van der Waals surface area (Å²) in [6.07, 6.45) is 15.3. The highest BCUT2D eigenvalue weighted by atomic mass is 28.4. The normalized spacial score (nSPS) is 14.2. The Bertz CT molecular complexity index is 1240. The fourth-order valence-electron chi connectivity index (χ4n) is 8.14. The Hall–Kier alpha value is -1.49. The molecule has 0 radical (unpaired) electrons. The summed E-state index contributed by atoms with van der Waals surface area (Å²) < 4.78 is 96.5. The van der Waals surface area contributed by atoms with Crippen LogP contribution in [0.2, 0.25) is 41.8 Å². The Kier molecular flexibility index (Phi) is 18.7. The SMILES string of the molecule is CCCCCCC(CC)CC[Si](CCCCCC[Si](CCC)(CCC)CCC)(Oc1c(F)c(F)c(F)c2c(F)cc(F)c(F)c12)C(C)C. The van der Waals surface area contributed by atoms with Crippen LogP contribution in [0.15, 0.2) is 6.07 Å². The maximum absolute atomic E-state index is 15.6. The highest BCUT2D eigenvalue weighted by Crippen LogP contribution is 2.44. The van der Waals surface area contributed by atoms with Gasteiger partial charge in [-0.3, -0.25) is 0 Å². The second-order valence-corrected chi connectivity index (χ2v) is 24.3. The second-order valence-electron chi connectivity index (χ2n) is 14.8. The minimum absolute atomic E-state index is 0.0853. The van der Waals surface area contributed by atoms with Crippen molar-refractivity contribution in [3.05, 3.63) is 41.0 Å². The van der Waals surface area contributed by atoms with Crippen LogP contribution in [-0.2, 0) is 0 Å². The van der Waals surface area contributed by atoms with Crippen molar-refractivity contribution in [2.45, 2.75) is 180 Å². The lowest BCUT2D eigenvalue weighted by atomic mass is 9.96. The summed E-state index contributed by atoms with van der Waals surface area (Å²) in [4.78, 5) is 0. The van der Waals surface area contributed by atoms with Gasteiger partial charge in [-0.25, -0.2) is 22.0 Å². The summed E-state index contributed by atoms with van der Waals surface area (Å²) in [5.74, 6) is -10.7. The maximum Gasteiger partial charge on any atom is 0.253 e. The van der Waals surface area contributed by atoms with E-state index in [1.807, 2.05) is 13.8 Å². The van der Waals surface area contributed by atoms with Gasteiger partial charge in [0.2, 0.25) is 5.82 Å². The summed E-state index contributed by atoms with van der Waals surface area (Å²) >= 11 is 0. The molecule has 0 fully saturated rings. The van der Waals surface area contributed by atoms with Crippen molar-refractivity contribution in [3.63, 3.8) is 0 Å². The molecule has 0 aromatic heterocycles. The molecule has 2 unspecified atom stereocenters. The average molecular weight is 719 g/mol. The monoisotopic (exact) mass is 718 g/mol. The predicted molar refractivity (Wildman–Crippen MR) is 196 cm³/mol. The lowest BCUT2D eigenvalue weighted by Crippen LogP contribution is -2.45. The van der Waals surface area contributed by atoms with Crippen LogP contribution in [0.5, 0.6) is 5.75 Å². The Labute approximate surface area is 290 Å². The van der Waals surface area contributed by atoms with E-state index in [0.29, 0.717) is 18.0 Å². The minimum Gasteiger partial charge on any atom is -0.541 e. The third-order valence-corrected chi connectivity index (χ3v) is 22.1. The van der Waals surface area contributed by atoms with Crippen LogP contribution in [0.3, 0.4) is 0 Å². The Morgan fingerprint density at radius 3 is 1.67 bits per heavy atom. The number of benzene rings is 2. The maximum atomic E-state index is 15.6. The van der Waals surface area contributed by atoms with Gasteiger partial charge in [-0.2, -0.15) is 4.39 Å². The first-order chi connectivity index (χ1) is 22.9. The number of halogens is 6. The summed E-state index contributed by atoms with van der Waals surface area (Å²) in [6.45, 7) is 15.2. The molecule has 9 heteroatoms. The summed E-state index contributed by atoms with van der Waals surface area (Å²) in [5, 5.41) is -2.10. The van der Waals surface area contributed by atoms with Crippen molar-refractivity contribution >= 4 is 27.2 Å². The van der Waals surface area contributed by atoms with Crippen LogP contribution >= 0.6 is 0 Å². The zero-order chi connectivity index (χ0) is 35.9. The first-order valence-corrected chi connectivity index (χ1v) is 24.4. The van der Waals surface area contributed by atoms with Crippen LogP contribution in [0, 0.1) is 40.8 Å². The molecule has 0 heterocycles. The standard InChI is InChI=1S/C39H64F6OSi2/c1-8-13-14-17-20-30(12-5)21-27-48(29(6)7,26-19-16-15-18-25-47(22-9-2,23-10-3)24-11-4)46-39-34-33(36(43)37(44)38(39)45)31(40)28-32(41)35(34)42/h28-30H,8-27H2,1-7H3. The van der Waals surface area contributed by atoms with Crippen molar-refractivity contribution in [1.82, 2.24) is 0 Å². The fraction of sp³-hybridized carbons (Fsp3) is 0.744. The largest absolute Gasteiger partial charge is 0.541 e. The predicted octanol–water partition coefficient (Wildman–Crippen LogP) is 15.0. The smallest absolute Gasteiger partial charge is 0.253 e. The lowest BCUT2D eigenvalue weighted by Gasteiger charge is -2.37. The number of hydrogen-bond acceptors (Lipinski definition) is 1. The van der Waals surface area contributed by atoms with E-state index in [1.165, 1.54) is 56.3 Å². The van der Waals surface area contributed by atoms with Gasteiger partial charge in [0.05, 0.1) is 18.8 Å². The molecule has 2 aromatic rings. The van der Waals surface area contributed by atoms with Gasteiger partial charge in [-0.1, -0.05) is 156 Å². The molecule has 1 nitrogen and oxygen atoms in total. The Balaban J connectivity index is 2.43. The minimum atomic E-state index is -3.06. The lowest BCUT2D eigenvalue weighted by molar-refractivity contribution is 0.394. The quantitative estimate of drug-likeness (QED) is 0.0326. The second kappa shape index (κ2) is 21.0. The van der Waals surface area contributed by atoms with Gasteiger partial charge in [0.15, 0.2) is 29.0 Å². The molecule has 2 rings (SSSR count). The van der Waals surface area contributed by atoms with Crippen molar-refractivity contribution in [2.75, 3.05) is 0 Å². The van der Waals surface area contributed by atoms with Crippen LogP contribution in [0.25, 0.3) is 10.8 Å². The van der Waals surface area contributed by atoms with E-state index in [4.69, 9.17) is 4.43 Å². The molecule has 0 spiro atoms. The molecular weight excluding hydrogens is 655 g/mol. The molecule has 0 aliphatic heterocycles. The van der Waals surface area contributed by atoms with Gasteiger partial charge < -0.3 is 4.43 Å². The molecule has 0 N–H and O–H groups in total. The molecule has 0 saturated heterocycles. The Morgan fingerprint density at radius 1 is 0.542 bits per heavy atom. The summed E-state index contributed by atoms with van der Waals surface area (Å²) in [6, 6.07) is 6.90. The van der Waals surface area contributed by atoms with Crippen molar-refractivity contribution in [1.29, 1.82) is 0 Å². The first-order valence-electron chi connectivity index (χ1n) is 19.2. The highest BCUT2D eigenvalue weighted by Gasteiger charge is 2.43. The summed E-state index contributed by atoms with van der Waals surface area (Å²) in [7, 11) is -4.35. The van der Waals surface area contributed by atoms with Gasteiger partial charge >= 0.3 is 0 Å². The van der Waals surface area contributed by atoms with E-state index in [2.05, 4.69) is 34.6 Å². The van der Waals surface area contributed by atoms with Gasteiger partial charge in [0.25, 0.3) is 8.32 Å². The number of unbranched alkanes of at least 4 members (excludes halogenated alkanes) is 6. The number of fused-ring (bicyclic) bond motifs is 1. The highest BCUT2D eigenvalue weighted by molar-refractivity contribution is 6.79. The van der Waals surface area contributed by atoms with Gasteiger partial charge in [0, 0.05) is 6.07 Å². The molecule has 0 aliphatic rings. The Morgan fingerprint density at radius 2 is 1.12 bits per heavy atom. The van der Waals surface area contributed by atoms with E-state index in [9.17, 15) is 17.6 Å².